The summed E-state index contributed by atoms with van der Waals surface area (Å²) in [5.74, 6) is -0.779. The Hall–Kier alpha value is -2.66. The van der Waals surface area contributed by atoms with E-state index in [2.05, 4.69) is 5.32 Å². The zero-order valence-electron chi connectivity index (χ0n) is 15.5. The largest absolute Gasteiger partial charge is 0.394 e. The van der Waals surface area contributed by atoms with Gasteiger partial charge in [0.1, 0.15) is 24.4 Å². The first kappa shape index (κ1) is 24.4. The molecule has 9 heteroatoms. The van der Waals surface area contributed by atoms with Gasteiger partial charge in [0.2, 0.25) is 0 Å². The molecule has 9 nitrogen and oxygen atoms in total. The summed E-state index contributed by atoms with van der Waals surface area (Å²) in [5.41, 5.74) is 0.938. The molecule has 2 aromatic rings. The number of aliphatic hydroxyl groups is 6. The highest BCUT2D eigenvalue weighted by molar-refractivity contribution is 6.10. The monoisotopic (exact) mass is 407 g/mol. The summed E-state index contributed by atoms with van der Waals surface area (Å²) < 4.78 is 0. The minimum absolute atomic E-state index is 0.389. The molecule has 29 heavy (non-hydrogen) atoms. The third-order valence-corrected chi connectivity index (χ3v) is 3.81. The molecule has 4 unspecified atom stereocenters. The van der Waals surface area contributed by atoms with Crippen LogP contribution in [0.5, 0.6) is 0 Å². The van der Waals surface area contributed by atoms with Crippen LogP contribution in [-0.2, 0) is 0 Å². The van der Waals surface area contributed by atoms with Crippen molar-refractivity contribution in [3.05, 3.63) is 71.8 Å². The van der Waals surface area contributed by atoms with Crippen LogP contribution in [0.4, 0.5) is 0 Å². The Labute approximate surface area is 167 Å². The van der Waals surface area contributed by atoms with E-state index in [9.17, 15) is 9.59 Å². The number of amides is 2. The Kier molecular flexibility index (Phi) is 10.7. The molecule has 0 saturated carbocycles. The summed E-state index contributed by atoms with van der Waals surface area (Å²) in [4.78, 5) is 23.4. The Bertz CT molecular complexity index is 677. The van der Waals surface area contributed by atoms with Crippen molar-refractivity contribution < 1.29 is 40.2 Å². The van der Waals surface area contributed by atoms with E-state index >= 15 is 0 Å². The predicted octanol–water partition coefficient (Wildman–Crippen LogP) is -1.33. The van der Waals surface area contributed by atoms with Gasteiger partial charge in [0, 0.05) is 11.1 Å². The second-order valence-corrected chi connectivity index (χ2v) is 6.00. The first-order valence-corrected chi connectivity index (χ1v) is 8.71. The van der Waals surface area contributed by atoms with Gasteiger partial charge in [-0.3, -0.25) is 14.9 Å². The lowest BCUT2D eigenvalue weighted by atomic mass is 10.0. The van der Waals surface area contributed by atoms with Crippen molar-refractivity contribution in [1.29, 1.82) is 0 Å². The first-order chi connectivity index (χ1) is 13.8. The number of hydrogen-bond donors (Lipinski definition) is 7. The fraction of sp³-hybridized carbons (Fsp3) is 0.300. The van der Waals surface area contributed by atoms with Crippen LogP contribution in [0.3, 0.4) is 0 Å². The van der Waals surface area contributed by atoms with Crippen molar-refractivity contribution >= 4 is 11.8 Å². The summed E-state index contributed by atoms with van der Waals surface area (Å²) in [6.07, 6.45) is -6.39. The number of imide groups is 1. The van der Waals surface area contributed by atoms with Crippen LogP contribution in [0, 0.1) is 0 Å². The van der Waals surface area contributed by atoms with Gasteiger partial charge in [-0.15, -0.1) is 0 Å². The Morgan fingerprint density at radius 1 is 0.655 bits per heavy atom. The second-order valence-electron chi connectivity index (χ2n) is 6.00. The van der Waals surface area contributed by atoms with Crippen LogP contribution in [-0.4, -0.2) is 80.1 Å². The van der Waals surface area contributed by atoms with E-state index in [0.29, 0.717) is 11.1 Å². The van der Waals surface area contributed by atoms with E-state index in [1.807, 2.05) is 12.1 Å². The highest BCUT2D eigenvalue weighted by Crippen LogP contribution is 2.04. The van der Waals surface area contributed by atoms with Crippen LogP contribution in [0.15, 0.2) is 60.7 Å². The number of aliphatic hydroxyl groups excluding tert-OH is 6. The van der Waals surface area contributed by atoms with Crippen molar-refractivity contribution in [3.8, 4) is 0 Å². The Morgan fingerprint density at radius 3 is 1.24 bits per heavy atom. The van der Waals surface area contributed by atoms with Crippen LogP contribution < -0.4 is 5.32 Å². The van der Waals surface area contributed by atoms with Gasteiger partial charge in [0.05, 0.1) is 13.2 Å². The zero-order chi connectivity index (χ0) is 21.8. The van der Waals surface area contributed by atoms with Crippen LogP contribution in [0.1, 0.15) is 20.7 Å². The molecule has 0 bridgehead atoms. The minimum atomic E-state index is -1.67. The lowest BCUT2D eigenvalue weighted by Gasteiger charge is -2.24. The zero-order valence-corrected chi connectivity index (χ0v) is 15.5. The first-order valence-electron chi connectivity index (χ1n) is 8.71. The molecule has 7 N–H and O–H groups in total. The second kappa shape index (κ2) is 12.7. The van der Waals surface area contributed by atoms with Gasteiger partial charge in [-0.25, -0.2) is 0 Å². The average molecular weight is 407 g/mol. The number of carbonyl (C=O) groups excluding carboxylic acids is 2. The van der Waals surface area contributed by atoms with Crippen molar-refractivity contribution in [2.75, 3.05) is 13.2 Å². The molecular formula is C20H25NO8. The molecule has 0 aliphatic heterocycles. The molecule has 0 aliphatic carbocycles. The number of hydrogen-bond acceptors (Lipinski definition) is 8. The molecule has 2 rings (SSSR count). The van der Waals surface area contributed by atoms with Crippen molar-refractivity contribution in [3.63, 3.8) is 0 Å². The van der Waals surface area contributed by atoms with Crippen molar-refractivity contribution in [2.24, 2.45) is 0 Å². The van der Waals surface area contributed by atoms with E-state index in [4.69, 9.17) is 30.6 Å². The molecule has 4 atom stereocenters. The molecular weight excluding hydrogens is 382 g/mol. The van der Waals surface area contributed by atoms with Gasteiger partial charge >= 0.3 is 0 Å². The maximum absolute atomic E-state index is 11.7. The van der Waals surface area contributed by atoms with Crippen LogP contribution in [0.25, 0.3) is 0 Å². The lowest BCUT2D eigenvalue weighted by Crippen LogP contribution is -2.46. The third kappa shape index (κ3) is 8.08. The van der Waals surface area contributed by atoms with E-state index in [0.717, 1.165) is 0 Å². The summed E-state index contributed by atoms with van der Waals surface area (Å²) in [6, 6.07) is 17.3. The summed E-state index contributed by atoms with van der Waals surface area (Å²) in [5, 5.41) is 54.5. The molecule has 0 fully saturated rings. The van der Waals surface area contributed by atoms with Crippen molar-refractivity contribution in [1.82, 2.24) is 5.32 Å². The summed E-state index contributed by atoms with van der Waals surface area (Å²) in [6.45, 7) is -1.45. The SMILES string of the molecule is O=C(NC(=O)c1ccccc1)c1ccccc1.OCC(O)C(O)C(O)C(O)CO. The predicted molar refractivity (Wildman–Crippen MR) is 103 cm³/mol. The van der Waals surface area contributed by atoms with E-state index < -0.39 is 37.6 Å². The van der Waals surface area contributed by atoms with E-state index in [-0.39, 0.29) is 11.8 Å². The topological polar surface area (TPSA) is 168 Å². The van der Waals surface area contributed by atoms with Gasteiger partial charge in [0.15, 0.2) is 0 Å². The Morgan fingerprint density at radius 2 is 0.966 bits per heavy atom. The van der Waals surface area contributed by atoms with Crippen LogP contribution >= 0.6 is 0 Å². The maximum atomic E-state index is 11.7. The summed E-state index contributed by atoms with van der Waals surface area (Å²) >= 11 is 0. The Balaban J connectivity index is 0.000000311. The summed E-state index contributed by atoms with van der Waals surface area (Å²) in [7, 11) is 0. The fourth-order valence-electron chi connectivity index (χ4n) is 2.10. The van der Waals surface area contributed by atoms with Gasteiger partial charge in [-0.1, -0.05) is 36.4 Å². The molecule has 158 valence electrons. The normalized spacial score (nSPS) is 14.6. The third-order valence-electron chi connectivity index (χ3n) is 3.81. The highest BCUT2D eigenvalue weighted by atomic mass is 16.4. The number of carbonyl (C=O) groups is 2. The smallest absolute Gasteiger partial charge is 0.258 e. The van der Waals surface area contributed by atoms with Gasteiger partial charge < -0.3 is 30.6 Å². The minimum Gasteiger partial charge on any atom is -0.394 e. The van der Waals surface area contributed by atoms with E-state index in [1.165, 1.54) is 0 Å². The molecule has 0 spiro atoms. The maximum Gasteiger partial charge on any atom is 0.258 e. The molecule has 0 heterocycles. The van der Waals surface area contributed by atoms with Gasteiger partial charge in [0.25, 0.3) is 11.8 Å². The van der Waals surface area contributed by atoms with E-state index in [1.54, 1.807) is 48.5 Å². The molecule has 0 aromatic heterocycles. The number of nitrogens with one attached hydrogen (secondary N) is 1. The quantitative estimate of drug-likeness (QED) is 0.277. The molecule has 2 amide bonds. The van der Waals surface area contributed by atoms with Gasteiger partial charge in [-0.2, -0.15) is 0 Å². The highest BCUT2D eigenvalue weighted by Gasteiger charge is 2.29. The fourth-order valence-corrected chi connectivity index (χ4v) is 2.10. The molecule has 2 aromatic carbocycles. The van der Waals surface area contributed by atoms with Crippen LogP contribution in [0.2, 0.25) is 0 Å². The molecule has 0 saturated heterocycles. The molecule has 0 aliphatic rings. The standard InChI is InChI=1S/C14H11NO2.C6H14O6/c16-13(11-7-3-1-4-8-11)15-14(17)12-9-5-2-6-10-12;7-1-3(9)5(11)6(12)4(10)2-8/h1-10H,(H,15,16,17);3-12H,1-2H2. The van der Waals surface area contributed by atoms with Gasteiger partial charge in [-0.05, 0) is 24.3 Å². The average Bonchev–Trinajstić information content (AvgIpc) is 2.78. The molecule has 0 radical (unpaired) electrons. The number of benzene rings is 2. The lowest BCUT2D eigenvalue weighted by molar-refractivity contribution is -0.123. The number of rotatable bonds is 7. The van der Waals surface area contributed by atoms with Crippen molar-refractivity contribution in [2.45, 2.75) is 24.4 Å².